The number of rotatable bonds is 8. The Kier molecular flexibility index (Phi) is 8.11. The van der Waals surface area contributed by atoms with Crippen LogP contribution in [-0.2, 0) is 4.79 Å². The lowest BCUT2D eigenvalue weighted by Gasteiger charge is -2.26. The van der Waals surface area contributed by atoms with Crippen LogP contribution in [0.1, 0.15) is 52.0 Å². The highest BCUT2D eigenvalue weighted by atomic mass is 35.5. The van der Waals surface area contributed by atoms with Crippen LogP contribution in [0.15, 0.2) is 42.5 Å². The van der Waals surface area contributed by atoms with E-state index >= 15 is 0 Å². The van der Waals surface area contributed by atoms with Gasteiger partial charge >= 0.3 is 5.97 Å². The van der Waals surface area contributed by atoms with E-state index in [1.807, 2.05) is 6.92 Å². The minimum Gasteiger partial charge on any atom is -0.490 e. The molecule has 0 saturated heterocycles. The third-order valence-electron chi connectivity index (χ3n) is 5.57. The SMILES string of the molecule is Cc1ccc(C(=O)NCCNC(=O)c2ccc(OC3CCC(C(=O)O)CC3)cc2)cc1Cl. The van der Waals surface area contributed by atoms with E-state index in [1.165, 1.54) is 0 Å². The zero-order valence-corrected chi connectivity index (χ0v) is 18.7. The summed E-state index contributed by atoms with van der Waals surface area (Å²) in [7, 11) is 0. The van der Waals surface area contributed by atoms with E-state index in [9.17, 15) is 14.4 Å². The Morgan fingerprint density at radius 2 is 1.50 bits per heavy atom. The first kappa shape index (κ1) is 23.6. The molecule has 0 spiro atoms. The molecule has 0 heterocycles. The molecule has 8 heteroatoms. The molecular formula is C24H27ClN2O5. The number of carboxylic acid groups (broad SMARTS) is 1. The molecular weight excluding hydrogens is 432 g/mol. The summed E-state index contributed by atoms with van der Waals surface area (Å²) in [5.74, 6) is -0.853. The van der Waals surface area contributed by atoms with Crippen LogP contribution in [0, 0.1) is 12.8 Å². The van der Waals surface area contributed by atoms with Crippen molar-refractivity contribution >= 4 is 29.4 Å². The maximum absolute atomic E-state index is 12.3. The molecule has 1 aliphatic rings. The topological polar surface area (TPSA) is 105 Å². The van der Waals surface area contributed by atoms with Gasteiger partial charge in [-0.05, 0) is 74.6 Å². The van der Waals surface area contributed by atoms with Gasteiger partial charge in [-0.3, -0.25) is 14.4 Å². The van der Waals surface area contributed by atoms with Crippen LogP contribution < -0.4 is 15.4 Å². The first-order chi connectivity index (χ1) is 15.3. The van der Waals surface area contributed by atoms with Crippen molar-refractivity contribution in [3.63, 3.8) is 0 Å². The first-order valence-electron chi connectivity index (χ1n) is 10.7. The van der Waals surface area contributed by atoms with Crippen LogP contribution in [0.4, 0.5) is 0 Å². The normalized spacial score (nSPS) is 17.9. The van der Waals surface area contributed by atoms with Gasteiger partial charge < -0.3 is 20.5 Å². The molecule has 0 unspecified atom stereocenters. The third-order valence-corrected chi connectivity index (χ3v) is 5.98. The summed E-state index contributed by atoms with van der Waals surface area (Å²) in [6, 6.07) is 11.9. The number of carbonyl (C=O) groups is 3. The third kappa shape index (κ3) is 6.47. The van der Waals surface area contributed by atoms with Gasteiger partial charge in [0.25, 0.3) is 11.8 Å². The molecule has 0 bridgehead atoms. The number of hydrogen-bond acceptors (Lipinski definition) is 4. The summed E-state index contributed by atoms with van der Waals surface area (Å²) < 4.78 is 5.92. The van der Waals surface area contributed by atoms with Crippen molar-refractivity contribution in [2.75, 3.05) is 13.1 Å². The van der Waals surface area contributed by atoms with Crippen LogP contribution >= 0.6 is 11.6 Å². The Bertz CT molecular complexity index is 969. The molecule has 3 N–H and O–H groups in total. The van der Waals surface area contributed by atoms with Crippen molar-refractivity contribution in [1.29, 1.82) is 0 Å². The molecule has 1 saturated carbocycles. The van der Waals surface area contributed by atoms with Crippen LogP contribution in [0.5, 0.6) is 5.75 Å². The van der Waals surface area contributed by atoms with Gasteiger partial charge in [0, 0.05) is 29.2 Å². The molecule has 0 atom stereocenters. The number of hydrogen-bond donors (Lipinski definition) is 3. The van der Waals surface area contributed by atoms with Crippen LogP contribution in [0.3, 0.4) is 0 Å². The van der Waals surface area contributed by atoms with Gasteiger partial charge in [-0.2, -0.15) is 0 Å². The zero-order chi connectivity index (χ0) is 23.1. The summed E-state index contributed by atoms with van der Waals surface area (Å²) in [6.45, 7) is 2.44. The second kappa shape index (κ2) is 11.0. The Balaban J connectivity index is 1.39. The minimum absolute atomic E-state index is 0.00250. The van der Waals surface area contributed by atoms with Gasteiger partial charge in [0.15, 0.2) is 0 Å². The minimum atomic E-state index is -0.738. The fourth-order valence-electron chi connectivity index (χ4n) is 3.60. The van der Waals surface area contributed by atoms with E-state index in [4.69, 9.17) is 21.4 Å². The number of amides is 2. The second-order valence-corrected chi connectivity index (χ2v) is 8.34. The molecule has 0 radical (unpaired) electrons. The van der Waals surface area contributed by atoms with Crippen molar-refractivity contribution in [2.24, 2.45) is 5.92 Å². The van der Waals surface area contributed by atoms with Crippen LogP contribution in [0.2, 0.25) is 5.02 Å². The van der Waals surface area contributed by atoms with Gasteiger partial charge in [-0.15, -0.1) is 0 Å². The average molecular weight is 459 g/mol. The van der Waals surface area contributed by atoms with E-state index in [1.54, 1.807) is 42.5 Å². The lowest BCUT2D eigenvalue weighted by atomic mass is 9.87. The van der Waals surface area contributed by atoms with Gasteiger partial charge in [-0.1, -0.05) is 17.7 Å². The van der Waals surface area contributed by atoms with Gasteiger partial charge in [0.2, 0.25) is 0 Å². The standard InChI is InChI=1S/C24H27ClN2O5/c1-15-2-3-18(14-21(15)25)23(29)27-13-12-26-22(28)16-4-8-19(9-5-16)32-20-10-6-17(7-11-20)24(30)31/h2-5,8-9,14,17,20H,6-7,10-13H2,1H3,(H,26,28)(H,27,29)(H,30,31). The number of ether oxygens (including phenoxy) is 1. The summed E-state index contributed by atoms with van der Waals surface area (Å²) in [5.41, 5.74) is 1.86. The highest BCUT2D eigenvalue weighted by Crippen LogP contribution is 2.28. The number of benzene rings is 2. The van der Waals surface area contributed by atoms with E-state index < -0.39 is 5.97 Å². The lowest BCUT2D eigenvalue weighted by Crippen LogP contribution is -2.34. The molecule has 7 nitrogen and oxygen atoms in total. The number of aryl methyl sites for hydroxylation is 1. The highest BCUT2D eigenvalue weighted by molar-refractivity contribution is 6.31. The summed E-state index contributed by atoms with van der Waals surface area (Å²) in [6.07, 6.45) is 2.65. The lowest BCUT2D eigenvalue weighted by molar-refractivity contribution is -0.143. The maximum atomic E-state index is 12.3. The predicted octanol–water partition coefficient (Wildman–Crippen LogP) is 3.83. The smallest absolute Gasteiger partial charge is 0.306 e. The molecule has 2 amide bonds. The molecule has 3 rings (SSSR count). The van der Waals surface area contributed by atoms with E-state index in [-0.39, 0.29) is 36.9 Å². The Morgan fingerprint density at radius 3 is 2.06 bits per heavy atom. The van der Waals surface area contributed by atoms with Crippen LogP contribution in [-0.4, -0.2) is 42.1 Å². The highest BCUT2D eigenvalue weighted by Gasteiger charge is 2.26. The molecule has 1 aliphatic carbocycles. The van der Waals surface area contributed by atoms with Crippen molar-refractivity contribution in [3.05, 3.63) is 64.2 Å². The van der Waals surface area contributed by atoms with Gasteiger partial charge in [-0.25, -0.2) is 0 Å². The summed E-state index contributed by atoms with van der Waals surface area (Å²) >= 11 is 6.04. The Hall–Kier alpha value is -3.06. The van der Waals surface area contributed by atoms with E-state index in [0.717, 1.165) is 5.56 Å². The number of carboxylic acids is 1. The summed E-state index contributed by atoms with van der Waals surface area (Å²) in [5, 5.41) is 15.1. The second-order valence-electron chi connectivity index (χ2n) is 7.93. The zero-order valence-electron chi connectivity index (χ0n) is 17.9. The molecule has 2 aromatic rings. The number of nitrogens with one attached hydrogen (secondary N) is 2. The van der Waals surface area contributed by atoms with Gasteiger partial charge in [0.05, 0.1) is 12.0 Å². The quantitative estimate of drug-likeness (QED) is 0.521. The van der Waals surface area contributed by atoms with Crippen molar-refractivity contribution in [1.82, 2.24) is 10.6 Å². The summed E-state index contributed by atoms with van der Waals surface area (Å²) in [4.78, 5) is 35.5. The molecule has 0 aromatic heterocycles. The molecule has 2 aromatic carbocycles. The number of carbonyl (C=O) groups excluding carboxylic acids is 2. The Labute approximate surface area is 192 Å². The molecule has 0 aliphatic heterocycles. The van der Waals surface area contributed by atoms with Gasteiger partial charge in [0.1, 0.15) is 5.75 Å². The van der Waals surface area contributed by atoms with E-state index in [2.05, 4.69) is 10.6 Å². The van der Waals surface area contributed by atoms with Crippen molar-refractivity contribution in [2.45, 2.75) is 38.7 Å². The molecule has 170 valence electrons. The van der Waals surface area contributed by atoms with E-state index in [0.29, 0.717) is 47.6 Å². The fraction of sp³-hybridized carbons (Fsp3) is 0.375. The molecule has 1 fully saturated rings. The largest absolute Gasteiger partial charge is 0.490 e. The van der Waals surface area contributed by atoms with Crippen molar-refractivity contribution < 1.29 is 24.2 Å². The maximum Gasteiger partial charge on any atom is 0.306 e. The monoisotopic (exact) mass is 458 g/mol. The van der Waals surface area contributed by atoms with Crippen molar-refractivity contribution in [3.8, 4) is 5.75 Å². The number of halogens is 1. The molecule has 32 heavy (non-hydrogen) atoms. The fourth-order valence-corrected chi connectivity index (χ4v) is 3.78. The van der Waals surface area contributed by atoms with Crippen LogP contribution in [0.25, 0.3) is 0 Å². The predicted molar refractivity (Wildman–Crippen MR) is 121 cm³/mol. The first-order valence-corrected chi connectivity index (χ1v) is 11.0. The average Bonchev–Trinajstić information content (AvgIpc) is 2.79. The Morgan fingerprint density at radius 1 is 0.938 bits per heavy atom. The number of aliphatic carboxylic acids is 1.